The van der Waals surface area contributed by atoms with Crippen LogP contribution in [0.5, 0.6) is 0 Å². The highest BCUT2D eigenvalue weighted by molar-refractivity contribution is 6.37. The third kappa shape index (κ3) is 4.51. The van der Waals surface area contributed by atoms with E-state index in [4.69, 9.17) is 34.8 Å². The maximum absolute atomic E-state index is 12.6. The Morgan fingerprint density at radius 2 is 1.82 bits per heavy atom. The molecule has 0 saturated carbocycles. The van der Waals surface area contributed by atoms with Crippen molar-refractivity contribution >= 4 is 57.8 Å². The Kier molecular flexibility index (Phi) is 6.33. The quantitative estimate of drug-likeness (QED) is 0.462. The molecule has 148 valence electrons. The molecule has 1 saturated heterocycles. The van der Waals surface area contributed by atoms with Crippen molar-refractivity contribution in [1.29, 1.82) is 0 Å². The van der Waals surface area contributed by atoms with Crippen molar-refractivity contribution in [2.75, 3.05) is 23.3 Å². The summed E-state index contributed by atoms with van der Waals surface area (Å²) >= 11 is 18.2. The number of nitrogens with zero attached hydrogens (tertiary/aromatic N) is 2. The van der Waals surface area contributed by atoms with Gasteiger partial charge in [-0.15, -0.1) is 0 Å². The van der Waals surface area contributed by atoms with Gasteiger partial charge in [-0.05, 0) is 43.0 Å². The van der Waals surface area contributed by atoms with Gasteiger partial charge in [-0.3, -0.25) is 14.9 Å². The second kappa shape index (κ2) is 8.55. The third-order valence-electron chi connectivity index (χ3n) is 4.81. The summed E-state index contributed by atoms with van der Waals surface area (Å²) in [6.07, 6.45) is 1.89. The first-order valence-electron chi connectivity index (χ1n) is 8.75. The first kappa shape index (κ1) is 20.7. The lowest BCUT2D eigenvalue weighted by molar-refractivity contribution is -0.384. The van der Waals surface area contributed by atoms with Crippen LogP contribution in [-0.4, -0.2) is 23.9 Å². The van der Waals surface area contributed by atoms with Gasteiger partial charge in [-0.1, -0.05) is 41.7 Å². The number of carbonyl (C=O) groups is 1. The Hall–Kier alpha value is -2.02. The number of piperidine rings is 1. The summed E-state index contributed by atoms with van der Waals surface area (Å²) in [6.45, 7) is 3.57. The van der Waals surface area contributed by atoms with Gasteiger partial charge in [0.2, 0.25) is 0 Å². The molecule has 6 nitrogen and oxygen atoms in total. The summed E-state index contributed by atoms with van der Waals surface area (Å²) in [5.41, 5.74) is 0.825. The van der Waals surface area contributed by atoms with Gasteiger partial charge in [0.25, 0.3) is 11.6 Å². The first-order chi connectivity index (χ1) is 13.3. The minimum absolute atomic E-state index is 0.0762. The summed E-state index contributed by atoms with van der Waals surface area (Å²) in [5.74, 6) is 0.0771. The van der Waals surface area contributed by atoms with Crippen LogP contribution in [0.4, 0.5) is 17.1 Å². The number of amides is 1. The number of carbonyl (C=O) groups excluding carboxylic acids is 1. The standard InChI is InChI=1S/C19H18Cl3N3O3/c1-11-4-6-24(7-5-11)17-10-16(15(22)9-18(17)25(27)28)23-19(26)13-8-12(20)2-3-14(13)21/h2-3,8-11H,4-7H2,1H3,(H,23,26). The largest absolute Gasteiger partial charge is 0.366 e. The average molecular weight is 443 g/mol. The predicted octanol–water partition coefficient (Wildman–Crippen LogP) is 6.04. The van der Waals surface area contributed by atoms with Gasteiger partial charge in [0, 0.05) is 24.2 Å². The molecule has 1 N–H and O–H groups in total. The van der Waals surface area contributed by atoms with Crippen LogP contribution in [0, 0.1) is 16.0 Å². The van der Waals surface area contributed by atoms with E-state index in [1.165, 1.54) is 18.2 Å². The molecule has 1 fully saturated rings. The zero-order valence-corrected chi connectivity index (χ0v) is 17.3. The number of nitro groups is 1. The molecule has 0 aromatic heterocycles. The lowest BCUT2D eigenvalue weighted by Gasteiger charge is -2.32. The number of hydrogen-bond acceptors (Lipinski definition) is 4. The van der Waals surface area contributed by atoms with Crippen molar-refractivity contribution in [1.82, 2.24) is 0 Å². The smallest absolute Gasteiger partial charge is 0.294 e. The molecule has 2 aromatic carbocycles. The molecule has 1 amide bonds. The Bertz CT molecular complexity index is 928. The second-order valence-electron chi connectivity index (χ2n) is 6.83. The summed E-state index contributed by atoms with van der Waals surface area (Å²) in [6, 6.07) is 7.37. The van der Waals surface area contributed by atoms with Crippen LogP contribution in [-0.2, 0) is 0 Å². The van der Waals surface area contributed by atoms with Crippen molar-refractivity contribution in [3.8, 4) is 0 Å². The SMILES string of the molecule is CC1CCN(c2cc(NC(=O)c3cc(Cl)ccc3Cl)c(Cl)cc2[N+](=O)[O-])CC1. The molecule has 1 heterocycles. The molecule has 0 unspecified atom stereocenters. The summed E-state index contributed by atoms with van der Waals surface area (Å²) in [7, 11) is 0. The first-order valence-corrected chi connectivity index (χ1v) is 9.89. The van der Waals surface area contributed by atoms with Crippen LogP contribution in [0.3, 0.4) is 0 Å². The van der Waals surface area contributed by atoms with Crippen LogP contribution in [0.1, 0.15) is 30.1 Å². The fraction of sp³-hybridized carbons (Fsp3) is 0.316. The molecule has 0 radical (unpaired) electrons. The van der Waals surface area contributed by atoms with Gasteiger partial charge in [0.05, 0.1) is 26.2 Å². The molecule has 1 aliphatic heterocycles. The van der Waals surface area contributed by atoms with E-state index in [1.807, 2.05) is 4.90 Å². The van der Waals surface area contributed by atoms with Crippen molar-refractivity contribution in [3.05, 3.63) is 61.1 Å². The fourth-order valence-corrected chi connectivity index (χ4v) is 3.74. The summed E-state index contributed by atoms with van der Waals surface area (Å²) < 4.78 is 0. The van der Waals surface area contributed by atoms with Gasteiger partial charge < -0.3 is 10.2 Å². The molecule has 0 spiro atoms. The number of benzene rings is 2. The van der Waals surface area contributed by atoms with Crippen molar-refractivity contribution in [2.45, 2.75) is 19.8 Å². The summed E-state index contributed by atoms with van der Waals surface area (Å²) in [5, 5.41) is 14.9. The van der Waals surface area contributed by atoms with Gasteiger partial charge in [0.1, 0.15) is 5.69 Å². The molecule has 1 aliphatic rings. The third-order valence-corrected chi connectivity index (χ3v) is 5.68. The molecule has 0 bridgehead atoms. The zero-order valence-electron chi connectivity index (χ0n) is 15.0. The van der Waals surface area contributed by atoms with E-state index in [2.05, 4.69) is 12.2 Å². The Morgan fingerprint density at radius 3 is 2.46 bits per heavy atom. The Balaban J connectivity index is 1.95. The lowest BCUT2D eigenvalue weighted by atomic mass is 9.98. The monoisotopic (exact) mass is 441 g/mol. The normalized spacial score (nSPS) is 14.8. The minimum atomic E-state index is -0.499. The number of hydrogen-bond donors (Lipinski definition) is 1. The van der Waals surface area contributed by atoms with Gasteiger partial charge in [-0.25, -0.2) is 0 Å². The van der Waals surface area contributed by atoms with Crippen LogP contribution in [0.15, 0.2) is 30.3 Å². The van der Waals surface area contributed by atoms with Crippen molar-refractivity contribution in [2.24, 2.45) is 5.92 Å². The van der Waals surface area contributed by atoms with Gasteiger partial charge in [-0.2, -0.15) is 0 Å². The van der Waals surface area contributed by atoms with Crippen molar-refractivity contribution in [3.63, 3.8) is 0 Å². The molecule has 0 aliphatic carbocycles. The minimum Gasteiger partial charge on any atom is -0.366 e. The number of anilines is 2. The number of nitrogens with one attached hydrogen (secondary N) is 1. The maximum Gasteiger partial charge on any atom is 0.294 e. The van der Waals surface area contributed by atoms with Gasteiger partial charge in [0.15, 0.2) is 0 Å². The van der Waals surface area contributed by atoms with E-state index >= 15 is 0 Å². The molecule has 3 rings (SSSR count). The van der Waals surface area contributed by atoms with Crippen LogP contribution in [0.25, 0.3) is 0 Å². The number of halogens is 3. The highest BCUT2D eigenvalue weighted by atomic mass is 35.5. The van der Waals surface area contributed by atoms with E-state index in [0.717, 1.165) is 12.8 Å². The highest BCUT2D eigenvalue weighted by Gasteiger charge is 2.26. The van der Waals surface area contributed by atoms with Gasteiger partial charge >= 0.3 is 0 Å². The van der Waals surface area contributed by atoms with E-state index in [-0.39, 0.29) is 27.0 Å². The zero-order chi connectivity index (χ0) is 20.4. The van der Waals surface area contributed by atoms with Crippen LogP contribution in [0.2, 0.25) is 15.1 Å². The number of nitro benzene ring substituents is 1. The van der Waals surface area contributed by atoms with Crippen molar-refractivity contribution < 1.29 is 9.72 Å². The molecule has 0 atom stereocenters. The maximum atomic E-state index is 12.6. The Morgan fingerprint density at radius 1 is 1.14 bits per heavy atom. The summed E-state index contributed by atoms with van der Waals surface area (Å²) in [4.78, 5) is 25.6. The van der Waals surface area contributed by atoms with E-state index in [0.29, 0.717) is 29.7 Å². The molecule has 28 heavy (non-hydrogen) atoms. The van der Waals surface area contributed by atoms with E-state index in [1.54, 1.807) is 12.1 Å². The molecule has 2 aromatic rings. The van der Waals surface area contributed by atoms with Crippen LogP contribution >= 0.6 is 34.8 Å². The second-order valence-corrected chi connectivity index (χ2v) is 8.08. The Labute approximate surface area is 177 Å². The van der Waals surface area contributed by atoms with E-state index < -0.39 is 10.8 Å². The lowest BCUT2D eigenvalue weighted by Crippen LogP contribution is -2.33. The fourth-order valence-electron chi connectivity index (χ4n) is 3.16. The number of rotatable bonds is 4. The predicted molar refractivity (Wildman–Crippen MR) is 113 cm³/mol. The average Bonchev–Trinajstić information content (AvgIpc) is 2.65. The molecule has 9 heteroatoms. The van der Waals surface area contributed by atoms with E-state index in [9.17, 15) is 14.9 Å². The molecular formula is C19H18Cl3N3O3. The highest BCUT2D eigenvalue weighted by Crippen LogP contribution is 2.38. The molecular weight excluding hydrogens is 425 g/mol. The topological polar surface area (TPSA) is 75.5 Å². The van der Waals surface area contributed by atoms with Crippen LogP contribution < -0.4 is 10.2 Å².